The van der Waals surface area contributed by atoms with Crippen molar-refractivity contribution in [3.05, 3.63) is 47.3 Å². The first kappa shape index (κ1) is 15.9. The average Bonchev–Trinajstić information content (AvgIpc) is 3.31. The van der Waals surface area contributed by atoms with Crippen molar-refractivity contribution >= 4 is 17.6 Å². The minimum atomic E-state index is -1.50. The van der Waals surface area contributed by atoms with Crippen LogP contribution in [0.4, 0.5) is 18.0 Å². The number of rotatable bonds is 3. The molecular weight excluding hydrogens is 335 g/mol. The molecule has 4 rings (SSSR count). The quantitative estimate of drug-likeness (QED) is 0.670. The molecule has 1 saturated carbocycles. The van der Waals surface area contributed by atoms with E-state index in [9.17, 15) is 22.8 Å². The molecule has 1 N–H and O–H groups in total. The van der Waals surface area contributed by atoms with Crippen molar-refractivity contribution < 1.29 is 22.8 Å². The number of carbonyl (C=O) groups excluding carboxylic acids is 2. The molecule has 2 fully saturated rings. The van der Waals surface area contributed by atoms with Crippen LogP contribution in [0.15, 0.2) is 29.3 Å². The number of aliphatic imine (C=N–C) groups is 1. The first-order valence-electron chi connectivity index (χ1n) is 7.93. The second-order valence-corrected chi connectivity index (χ2v) is 6.39. The molecule has 3 atom stereocenters. The zero-order chi connectivity index (χ0) is 17.7. The number of allylic oxidation sites excluding steroid dienone is 1. The summed E-state index contributed by atoms with van der Waals surface area (Å²) in [5, 5.41) is 2.50. The summed E-state index contributed by atoms with van der Waals surface area (Å²) in [6.45, 7) is 0.420. The van der Waals surface area contributed by atoms with Crippen molar-refractivity contribution in [2.75, 3.05) is 13.1 Å². The van der Waals surface area contributed by atoms with Gasteiger partial charge in [-0.05, 0) is 30.5 Å². The Labute approximate surface area is 141 Å². The van der Waals surface area contributed by atoms with Crippen LogP contribution in [0.25, 0.3) is 0 Å². The smallest absolute Gasteiger partial charge is 0.324 e. The van der Waals surface area contributed by atoms with E-state index in [0.29, 0.717) is 12.3 Å². The van der Waals surface area contributed by atoms with Gasteiger partial charge >= 0.3 is 6.03 Å². The third-order valence-corrected chi connectivity index (χ3v) is 4.82. The van der Waals surface area contributed by atoms with Gasteiger partial charge in [-0.1, -0.05) is 6.08 Å². The molecule has 2 heterocycles. The Hall–Kier alpha value is -2.64. The third-order valence-electron chi connectivity index (χ3n) is 4.82. The second kappa shape index (κ2) is 5.72. The highest BCUT2D eigenvalue weighted by Gasteiger charge is 2.51. The van der Waals surface area contributed by atoms with Gasteiger partial charge in [0, 0.05) is 24.1 Å². The molecule has 1 aliphatic carbocycles. The highest BCUT2D eigenvalue weighted by Crippen LogP contribution is 2.44. The lowest BCUT2D eigenvalue weighted by Crippen LogP contribution is -2.35. The molecule has 0 radical (unpaired) electrons. The maximum absolute atomic E-state index is 13.3. The standard InChI is InChI=1S/C17H14F3N3O2/c18-11-3-9(4-12(19)16(11)20)13-2-1-8(6-21-13)10-5-14(10)23-15(24)7-22-17(23)25/h1-4,8,10,14H,5-7H2,(H,22,25)/t8?,10-,14+/m0/s1. The van der Waals surface area contributed by atoms with Crippen molar-refractivity contribution in [2.45, 2.75) is 12.5 Å². The van der Waals surface area contributed by atoms with E-state index in [-0.39, 0.29) is 41.9 Å². The Morgan fingerprint density at radius 3 is 2.44 bits per heavy atom. The number of hydrogen-bond acceptors (Lipinski definition) is 3. The number of nitrogens with zero attached hydrogens (tertiary/aromatic N) is 2. The van der Waals surface area contributed by atoms with E-state index >= 15 is 0 Å². The highest BCUT2D eigenvalue weighted by molar-refractivity contribution is 6.09. The number of benzene rings is 1. The van der Waals surface area contributed by atoms with E-state index < -0.39 is 17.5 Å². The fourth-order valence-corrected chi connectivity index (χ4v) is 3.43. The van der Waals surface area contributed by atoms with Gasteiger partial charge in [-0.3, -0.25) is 14.7 Å². The molecule has 3 aliphatic rings. The molecule has 8 heteroatoms. The summed E-state index contributed by atoms with van der Waals surface area (Å²) in [6, 6.07) is 1.34. The first-order chi connectivity index (χ1) is 12.0. The Morgan fingerprint density at radius 1 is 1.16 bits per heavy atom. The summed E-state index contributed by atoms with van der Waals surface area (Å²) >= 11 is 0. The molecule has 0 spiro atoms. The topological polar surface area (TPSA) is 61.8 Å². The molecule has 0 bridgehead atoms. The molecule has 5 nitrogen and oxygen atoms in total. The molecule has 3 amide bonds. The van der Waals surface area contributed by atoms with Gasteiger partial charge in [0.25, 0.3) is 0 Å². The predicted octanol–water partition coefficient (Wildman–Crippen LogP) is 2.02. The Morgan fingerprint density at radius 2 is 1.88 bits per heavy atom. The number of carbonyl (C=O) groups is 2. The summed E-state index contributed by atoms with van der Waals surface area (Å²) in [4.78, 5) is 29.0. The van der Waals surface area contributed by atoms with Gasteiger partial charge in [0.1, 0.15) is 0 Å². The molecule has 1 aromatic rings. The van der Waals surface area contributed by atoms with Crippen molar-refractivity contribution in [3.63, 3.8) is 0 Å². The van der Waals surface area contributed by atoms with Crippen LogP contribution in [0.5, 0.6) is 0 Å². The molecular formula is C17H14F3N3O2. The van der Waals surface area contributed by atoms with Gasteiger partial charge in [0.05, 0.1) is 12.3 Å². The number of halogens is 3. The van der Waals surface area contributed by atoms with E-state index in [4.69, 9.17) is 0 Å². The largest absolute Gasteiger partial charge is 0.329 e. The summed E-state index contributed by atoms with van der Waals surface area (Å²) in [5.74, 6) is -4.06. The Balaban J connectivity index is 1.45. The Kier molecular flexibility index (Phi) is 3.63. The van der Waals surface area contributed by atoms with Gasteiger partial charge in [-0.25, -0.2) is 18.0 Å². The van der Waals surface area contributed by atoms with Crippen LogP contribution < -0.4 is 5.32 Å². The minimum absolute atomic E-state index is 0.0343. The number of nitrogens with one attached hydrogen (secondary N) is 1. The van der Waals surface area contributed by atoms with Crippen molar-refractivity contribution in [3.8, 4) is 0 Å². The number of hydrogen-bond donors (Lipinski definition) is 1. The maximum atomic E-state index is 13.3. The first-order valence-corrected chi connectivity index (χ1v) is 7.93. The molecule has 130 valence electrons. The van der Waals surface area contributed by atoms with Crippen LogP contribution >= 0.6 is 0 Å². The van der Waals surface area contributed by atoms with Crippen molar-refractivity contribution in [1.29, 1.82) is 0 Å². The maximum Gasteiger partial charge on any atom is 0.324 e. The summed E-state index contributed by atoms with van der Waals surface area (Å²) in [6.07, 6.45) is 4.23. The normalized spacial score (nSPS) is 28.2. The van der Waals surface area contributed by atoms with Crippen LogP contribution in [-0.4, -0.2) is 41.7 Å². The van der Waals surface area contributed by atoms with E-state index in [1.165, 1.54) is 4.90 Å². The molecule has 0 aromatic heterocycles. The van der Waals surface area contributed by atoms with Crippen LogP contribution in [0.1, 0.15) is 12.0 Å². The molecule has 2 aliphatic heterocycles. The number of dihydropyridines is 1. The monoisotopic (exact) mass is 349 g/mol. The zero-order valence-corrected chi connectivity index (χ0v) is 13.0. The summed E-state index contributed by atoms with van der Waals surface area (Å²) in [7, 11) is 0. The molecule has 1 unspecified atom stereocenters. The lowest BCUT2D eigenvalue weighted by molar-refractivity contribution is -0.125. The zero-order valence-electron chi connectivity index (χ0n) is 13.0. The SMILES string of the molecule is O=C1CNC(=O)N1[C@@H]1C[C@H]1C1C=CC(c2cc(F)c(F)c(F)c2)=NC1. The second-order valence-electron chi connectivity index (χ2n) is 6.39. The summed E-state index contributed by atoms with van der Waals surface area (Å²) < 4.78 is 39.7. The fourth-order valence-electron chi connectivity index (χ4n) is 3.43. The average molecular weight is 349 g/mol. The van der Waals surface area contributed by atoms with Gasteiger partial charge in [0.2, 0.25) is 5.91 Å². The van der Waals surface area contributed by atoms with Crippen LogP contribution in [0.3, 0.4) is 0 Å². The van der Waals surface area contributed by atoms with Gasteiger partial charge in [0.15, 0.2) is 17.5 Å². The Bertz CT molecular complexity index is 797. The molecule has 1 saturated heterocycles. The van der Waals surface area contributed by atoms with Crippen LogP contribution in [0, 0.1) is 29.3 Å². The summed E-state index contributed by atoms with van der Waals surface area (Å²) in [5.41, 5.74) is 0.550. The fraction of sp³-hybridized carbons (Fsp3) is 0.353. The van der Waals surface area contributed by atoms with E-state index in [1.54, 1.807) is 6.08 Å². The molecule has 25 heavy (non-hydrogen) atoms. The van der Waals surface area contributed by atoms with Crippen molar-refractivity contribution in [2.24, 2.45) is 16.8 Å². The number of amides is 3. The van der Waals surface area contributed by atoms with Crippen LogP contribution in [-0.2, 0) is 4.79 Å². The van der Waals surface area contributed by atoms with Gasteiger partial charge < -0.3 is 5.32 Å². The van der Waals surface area contributed by atoms with E-state index in [0.717, 1.165) is 18.6 Å². The van der Waals surface area contributed by atoms with Gasteiger partial charge in [-0.2, -0.15) is 0 Å². The van der Waals surface area contributed by atoms with Crippen LogP contribution in [0.2, 0.25) is 0 Å². The lowest BCUT2D eigenvalue weighted by atomic mass is 9.97. The van der Waals surface area contributed by atoms with E-state index in [1.807, 2.05) is 6.08 Å². The molecule has 1 aromatic carbocycles. The number of urea groups is 1. The van der Waals surface area contributed by atoms with Crippen molar-refractivity contribution in [1.82, 2.24) is 10.2 Å². The number of imide groups is 1. The van der Waals surface area contributed by atoms with Gasteiger partial charge in [-0.15, -0.1) is 0 Å². The highest BCUT2D eigenvalue weighted by atomic mass is 19.2. The minimum Gasteiger partial charge on any atom is -0.329 e. The lowest BCUT2D eigenvalue weighted by Gasteiger charge is -2.18. The predicted molar refractivity (Wildman–Crippen MR) is 82.5 cm³/mol. The third kappa shape index (κ3) is 2.71. The van der Waals surface area contributed by atoms with E-state index in [2.05, 4.69) is 10.3 Å².